The van der Waals surface area contributed by atoms with E-state index in [2.05, 4.69) is 29.3 Å². The van der Waals surface area contributed by atoms with Crippen LogP contribution in [0.1, 0.15) is 25.8 Å². The van der Waals surface area contributed by atoms with Crippen molar-refractivity contribution in [2.75, 3.05) is 13.2 Å². The molecule has 0 amide bonds. The zero-order chi connectivity index (χ0) is 13.3. The van der Waals surface area contributed by atoms with Crippen LogP contribution in [-0.4, -0.2) is 28.6 Å². The molecule has 0 aliphatic carbocycles. The lowest BCUT2D eigenvalue weighted by Crippen LogP contribution is -2.34. The van der Waals surface area contributed by atoms with Crippen molar-refractivity contribution in [2.24, 2.45) is 5.41 Å². The van der Waals surface area contributed by atoms with Gasteiger partial charge in [0.1, 0.15) is 11.4 Å². The van der Waals surface area contributed by atoms with E-state index in [1.165, 1.54) is 0 Å². The molecule has 2 aromatic rings. The first kappa shape index (κ1) is 12.3. The molecule has 2 heterocycles. The van der Waals surface area contributed by atoms with E-state index in [-0.39, 0.29) is 5.41 Å². The van der Waals surface area contributed by atoms with Gasteiger partial charge in [-0.25, -0.2) is 0 Å². The van der Waals surface area contributed by atoms with Gasteiger partial charge < -0.3 is 9.47 Å². The maximum Gasteiger partial charge on any atom is 0.205 e. The van der Waals surface area contributed by atoms with Gasteiger partial charge in [0, 0.05) is 11.0 Å². The minimum absolute atomic E-state index is 0.0488. The van der Waals surface area contributed by atoms with Crippen LogP contribution in [0.2, 0.25) is 0 Å². The minimum atomic E-state index is -0.443. The smallest absolute Gasteiger partial charge is 0.205 e. The zero-order valence-electron chi connectivity index (χ0n) is 11.1. The number of nitrogens with one attached hydrogen (secondary N) is 1. The summed E-state index contributed by atoms with van der Waals surface area (Å²) >= 11 is 0. The first-order chi connectivity index (χ1) is 9.16. The van der Waals surface area contributed by atoms with Gasteiger partial charge in [-0.15, -0.1) is 0 Å². The molecule has 1 aliphatic rings. The van der Waals surface area contributed by atoms with E-state index in [1.54, 1.807) is 0 Å². The second-order valence-corrected chi connectivity index (χ2v) is 5.54. The van der Waals surface area contributed by atoms with Gasteiger partial charge in [-0.2, -0.15) is 15.4 Å². The molecule has 0 unspecified atom stereocenters. The van der Waals surface area contributed by atoms with Crippen molar-refractivity contribution < 1.29 is 9.47 Å². The molecule has 19 heavy (non-hydrogen) atoms. The van der Waals surface area contributed by atoms with Crippen molar-refractivity contribution in [3.05, 3.63) is 36.0 Å². The van der Waals surface area contributed by atoms with E-state index < -0.39 is 6.29 Å². The summed E-state index contributed by atoms with van der Waals surface area (Å²) in [6.45, 7) is 5.53. The Morgan fingerprint density at radius 1 is 1.11 bits per heavy atom. The maximum absolute atomic E-state index is 5.76. The second-order valence-electron chi connectivity index (χ2n) is 5.54. The maximum atomic E-state index is 5.76. The summed E-state index contributed by atoms with van der Waals surface area (Å²) in [5, 5.41) is 11.0. The molecule has 0 radical (unpaired) electrons. The topological polar surface area (TPSA) is 60.0 Å². The van der Waals surface area contributed by atoms with Crippen molar-refractivity contribution in [2.45, 2.75) is 20.1 Å². The van der Waals surface area contributed by atoms with Gasteiger partial charge in [-0.1, -0.05) is 44.2 Å². The Morgan fingerprint density at radius 2 is 1.79 bits per heavy atom. The molecule has 0 spiro atoms. The third-order valence-corrected chi connectivity index (χ3v) is 3.10. The number of hydrogen-bond donors (Lipinski definition) is 1. The Kier molecular flexibility index (Phi) is 3.08. The summed E-state index contributed by atoms with van der Waals surface area (Å²) in [5.41, 5.74) is 2.54. The SMILES string of the molecule is CC1(C)COC(c2n[nH]nc2-c2ccccc2)OC1. The van der Waals surface area contributed by atoms with Crippen LogP contribution < -0.4 is 0 Å². The molecule has 5 heteroatoms. The lowest BCUT2D eigenvalue weighted by atomic mass is 9.95. The van der Waals surface area contributed by atoms with E-state index >= 15 is 0 Å². The first-order valence-electron chi connectivity index (χ1n) is 6.35. The average Bonchev–Trinajstić information content (AvgIpc) is 2.89. The fourth-order valence-corrected chi connectivity index (χ4v) is 2.06. The first-order valence-corrected chi connectivity index (χ1v) is 6.35. The van der Waals surface area contributed by atoms with Crippen molar-refractivity contribution >= 4 is 0 Å². The van der Waals surface area contributed by atoms with Crippen molar-refractivity contribution in [1.82, 2.24) is 15.4 Å². The number of nitrogens with zero attached hydrogens (tertiary/aromatic N) is 2. The van der Waals surface area contributed by atoms with Crippen LogP contribution in [0.15, 0.2) is 30.3 Å². The lowest BCUT2D eigenvalue weighted by molar-refractivity contribution is -0.227. The Labute approximate surface area is 111 Å². The molecular weight excluding hydrogens is 242 g/mol. The normalized spacial score (nSPS) is 19.5. The molecule has 0 atom stereocenters. The van der Waals surface area contributed by atoms with E-state index in [1.807, 2.05) is 30.3 Å². The van der Waals surface area contributed by atoms with Crippen LogP contribution >= 0.6 is 0 Å². The molecule has 0 saturated carbocycles. The Morgan fingerprint density at radius 3 is 2.47 bits per heavy atom. The fourth-order valence-electron chi connectivity index (χ4n) is 2.06. The fraction of sp³-hybridized carbons (Fsp3) is 0.429. The van der Waals surface area contributed by atoms with Gasteiger partial charge in [0.2, 0.25) is 6.29 Å². The van der Waals surface area contributed by atoms with Gasteiger partial charge in [0.05, 0.1) is 13.2 Å². The quantitative estimate of drug-likeness (QED) is 0.900. The van der Waals surface area contributed by atoms with E-state index in [0.29, 0.717) is 18.9 Å². The molecule has 1 fully saturated rings. The summed E-state index contributed by atoms with van der Waals surface area (Å²) in [6.07, 6.45) is -0.443. The molecule has 1 aromatic heterocycles. The summed E-state index contributed by atoms with van der Waals surface area (Å²) in [4.78, 5) is 0. The molecule has 1 aromatic carbocycles. The van der Waals surface area contributed by atoms with E-state index in [0.717, 1.165) is 11.3 Å². The van der Waals surface area contributed by atoms with Gasteiger partial charge in [0.25, 0.3) is 0 Å². The highest BCUT2D eigenvalue weighted by Gasteiger charge is 2.32. The molecule has 3 rings (SSSR count). The highest BCUT2D eigenvalue weighted by Crippen LogP contribution is 2.33. The van der Waals surface area contributed by atoms with Gasteiger partial charge in [-0.3, -0.25) is 0 Å². The summed E-state index contributed by atoms with van der Waals surface area (Å²) in [5.74, 6) is 0. The lowest BCUT2D eigenvalue weighted by Gasteiger charge is -2.33. The monoisotopic (exact) mass is 259 g/mol. The summed E-state index contributed by atoms with van der Waals surface area (Å²) in [6, 6.07) is 9.90. The Hall–Kier alpha value is -1.72. The number of ether oxygens (including phenoxy) is 2. The van der Waals surface area contributed by atoms with Crippen LogP contribution in [-0.2, 0) is 9.47 Å². The molecule has 1 aliphatic heterocycles. The van der Waals surface area contributed by atoms with Crippen molar-refractivity contribution in [1.29, 1.82) is 0 Å². The van der Waals surface area contributed by atoms with Gasteiger partial charge >= 0.3 is 0 Å². The van der Waals surface area contributed by atoms with E-state index in [9.17, 15) is 0 Å². The van der Waals surface area contributed by atoms with Crippen molar-refractivity contribution in [3.63, 3.8) is 0 Å². The molecule has 0 bridgehead atoms. The zero-order valence-corrected chi connectivity index (χ0v) is 11.1. The molecule has 100 valence electrons. The number of H-pyrrole nitrogens is 1. The predicted octanol–water partition coefficient (Wildman–Crippen LogP) is 2.54. The third kappa shape index (κ3) is 2.52. The highest BCUT2D eigenvalue weighted by atomic mass is 16.7. The largest absolute Gasteiger partial charge is 0.346 e. The summed E-state index contributed by atoms with van der Waals surface area (Å²) in [7, 11) is 0. The summed E-state index contributed by atoms with van der Waals surface area (Å²) < 4.78 is 11.5. The van der Waals surface area contributed by atoms with Crippen LogP contribution in [0.4, 0.5) is 0 Å². The standard InChI is InChI=1S/C14H17N3O2/c1-14(2)8-18-13(19-9-14)12-11(15-17-16-12)10-6-4-3-5-7-10/h3-7,13H,8-9H2,1-2H3,(H,15,16,17). The second kappa shape index (κ2) is 4.75. The highest BCUT2D eigenvalue weighted by molar-refractivity contribution is 5.61. The van der Waals surface area contributed by atoms with Crippen molar-refractivity contribution in [3.8, 4) is 11.3 Å². The number of rotatable bonds is 2. The molecule has 5 nitrogen and oxygen atoms in total. The Balaban J connectivity index is 1.86. The van der Waals surface area contributed by atoms with Gasteiger partial charge in [0.15, 0.2) is 0 Å². The number of aromatic amines is 1. The Bertz CT molecular complexity index is 541. The number of hydrogen-bond acceptors (Lipinski definition) is 4. The molecule has 1 saturated heterocycles. The van der Waals surface area contributed by atoms with Crippen LogP contribution in [0.5, 0.6) is 0 Å². The van der Waals surface area contributed by atoms with Crippen LogP contribution in [0.25, 0.3) is 11.3 Å². The van der Waals surface area contributed by atoms with Crippen LogP contribution in [0, 0.1) is 5.41 Å². The van der Waals surface area contributed by atoms with Crippen LogP contribution in [0.3, 0.4) is 0 Å². The number of benzene rings is 1. The molecule has 1 N–H and O–H groups in total. The van der Waals surface area contributed by atoms with E-state index in [4.69, 9.17) is 9.47 Å². The number of aromatic nitrogens is 3. The minimum Gasteiger partial charge on any atom is -0.346 e. The predicted molar refractivity (Wildman–Crippen MR) is 70.2 cm³/mol. The average molecular weight is 259 g/mol. The van der Waals surface area contributed by atoms with Gasteiger partial charge in [-0.05, 0) is 0 Å². The molecular formula is C14H17N3O2. The third-order valence-electron chi connectivity index (χ3n) is 3.10.